The summed E-state index contributed by atoms with van der Waals surface area (Å²) in [7, 11) is 0. The lowest BCUT2D eigenvalue weighted by Crippen LogP contribution is -2.52. The van der Waals surface area contributed by atoms with E-state index in [1.54, 1.807) is 5.01 Å². The number of hydrogen-bond donors (Lipinski definition) is 2. The third-order valence-electron chi connectivity index (χ3n) is 3.75. The number of aliphatic carboxylic acids is 1. The predicted octanol–water partition coefficient (Wildman–Crippen LogP) is 2.27. The van der Waals surface area contributed by atoms with E-state index in [9.17, 15) is 9.70 Å². The Hall–Kier alpha value is -1.37. The normalized spacial score (nSPS) is 22.1. The van der Waals surface area contributed by atoms with Gasteiger partial charge in [0.25, 0.3) is 4.98 Å². The maximum absolute atomic E-state index is 12.2. The third kappa shape index (κ3) is 5.49. The van der Waals surface area contributed by atoms with Crippen LogP contribution in [0.15, 0.2) is 0 Å². The van der Waals surface area contributed by atoms with Crippen LogP contribution in [-0.2, 0) is 9.63 Å². The lowest BCUT2D eigenvalue weighted by molar-refractivity contribution is -0.801. The number of carboxylic acid groups (broad SMARTS) is 1. The fourth-order valence-electron chi connectivity index (χ4n) is 2.45. The maximum atomic E-state index is 12.2. The van der Waals surface area contributed by atoms with Crippen molar-refractivity contribution >= 4 is 5.97 Å². The largest absolute Gasteiger partial charge is 0.481 e. The second kappa shape index (κ2) is 7.59. The van der Waals surface area contributed by atoms with Crippen LogP contribution in [0, 0.1) is 10.8 Å². The summed E-state index contributed by atoms with van der Waals surface area (Å²) in [6.45, 7) is 8.61. The Labute approximate surface area is 126 Å². The highest BCUT2D eigenvalue weighted by molar-refractivity contribution is 5.70. The highest BCUT2D eigenvalue weighted by Crippen LogP contribution is 2.27. The van der Waals surface area contributed by atoms with Gasteiger partial charge in [0, 0.05) is 5.59 Å². The quantitative estimate of drug-likeness (QED) is 0.529. The van der Waals surface area contributed by atoms with Crippen molar-refractivity contribution < 1.29 is 19.7 Å². The lowest BCUT2D eigenvalue weighted by atomic mass is 10.1. The molecule has 0 heterocycles. The number of nitrogens with one attached hydrogen (secondary N) is 1. The summed E-state index contributed by atoms with van der Waals surface area (Å²) in [6, 6.07) is 0. The summed E-state index contributed by atoms with van der Waals surface area (Å²) in [5.41, 5.74) is 2.10. The summed E-state index contributed by atoms with van der Waals surface area (Å²) in [5, 5.41) is 10.6. The second-order valence-corrected chi connectivity index (χ2v) is 6.60. The first-order valence-electron chi connectivity index (χ1n) is 7.64. The van der Waals surface area contributed by atoms with Gasteiger partial charge in [-0.1, -0.05) is 13.3 Å². The van der Waals surface area contributed by atoms with E-state index < -0.39 is 5.97 Å². The number of rotatable bonds is 8. The molecule has 0 bridgehead atoms. The van der Waals surface area contributed by atoms with Gasteiger partial charge >= 0.3 is 5.97 Å². The molecular weight excluding hydrogens is 274 g/mol. The van der Waals surface area contributed by atoms with Crippen LogP contribution in [-0.4, -0.2) is 39.3 Å². The van der Waals surface area contributed by atoms with Gasteiger partial charge in [0.05, 0.1) is 29.0 Å². The summed E-state index contributed by atoms with van der Waals surface area (Å²) in [6.07, 6.45) is 3.39. The molecule has 122 valence electrons. The standard InChI is InChI=1S/C14H27N3O4/c1-5-6-9-16(14(2,3)4)17(20)15-21-12-8-7-11(10-12)13(18)19/h11-12H,5-10H2,1-4H3,(H-,15,18,19,20)/p+1/t11-,12+/m0/s1. The van der Waals surface area contributed by atoms with Crippen LogP contribution >= 0.6 is 0 Å². The predicted molar refractivity (Wildman–Crippen MR) is 78.0 cm³/mol. The Morgan fingerprint density at radius 3 is 2.57 bits per heavy atom. The average Bonchev–Trinajstić information content (AvgIpc) is 2.84. The molecule has 0 unspecified atom stereocenters. The van der Waals surface area contributed by atoms with Crippen LogP contribution in [0.3, 0.4) is 0 Å². The molecule has 0 saturated heterocycles. The summed E-state index contributed by atoms with van der Waals surface area (Å²) < 4.78 is 0. The van der Waals surface area contributed by atoms with Crippen molar-refractivity contribution in [2.24, 2.45) is 5.92 Å². The molecule has 1 fully saturated rings. The third-order valence-corrected chi connectivity index (χ3v) is 3.75. The minimum atomic E-state index is -0.792. The molecule has 1 saturated carbocycles. The van der Waals surface area contributed by atoms with Gasteiger partial charge in [0.2, 0.25) is 0 Å². The number of carbonyl (C=O) groups is 1. The zero-order valence-electron chi connectivity index (χ0n) is 13.5. The van der Waals surface area contributed by atoms with Crippen molar-refractivity contribution in [3.05, 3.63) is 4.91 Å². The van der Waals surface area contributed by atoms with Gasteiger partial charge in [-0.25, -0.2) is 4.84 Å². The summed E-state index contributed by atoms with van der Waals surface area (Å²) >= 11 is 0. The minimum absolute atomic E-state index is 0.226. The van der Waals surface area contributed by atoms with Crippen LogP contribution in [0.5, 0.6) is 0 Å². The molecule has 2 atom stereocenters. The van der Waals surface area contributed by atoms with Crippen LogP contribution in [0.1, 0.15) is 59.8 Å². The Morgan fingerprint density at radius 1 is 1.43 bits per heavy atom. The second-order valence-electron chi connectivity index (χ2n) is 6.60. The molecule has 1 aliphatic carbocycles. The highest BCUT2D eigenvalue weighted by atomic mass is 16.7. The zero-order chi connectivity index (χ0) is 16.0. The summed E-state index contributed by atoms with van der Waals surface area (Å²) in [4.78, 5) is 29.0. The van der Waals surface area contributed by atoms with Crippen molar-refractivity contribution in [1.29, 1.82) is 0 Å². The topological polar surface area (TPSA) is 81.9 Å². The smallest absolute Gasteiger partial charge is 0.306 e. The number of hydrazine groups is 2. The number of carboxylic acids is 1. The van der Waals surface area contributed by atoms with Crippen molar-refractivity contribution in [3.63, 3.8) is 0 Å². The van der Waals surface area contributed by atoms with Crippen LogP contribution < -0.4 is 5.59 Å². The first-order chi connectivity index (χ1) is 9.75. The molecule has 0 spiro atoms. The molecule has 1 rings (SSSR count). The molecule has 0 amide bonds. The molecular formula is C14H28N3O4+. The van der Waals surface area contributed by atoms with E-state index in [-0.39, 0.29) is 17.6 Å². The van der Waals surface area contributed by atoms with E-state index in [4.69, 9.17) is 9.94 Å². The zero-order valence-corrected chi connectivity index (χ0v) is 13.5. The number of nitrogens with zero attached hydrogens (tertiary/aromatic N) is 2. The van der Waals surface area contributed by atoms with Crippen molar-refractivity contribution in [2.45, 2.75) is 71.4 Å². The Morgan fingerprint density at radius 2 is 2.10 bits per heavy atom. The van der Waals surface area contributed by atoms with E-state index in [1.165, 1.54) is 0 Å². The minimum Gasteiger partial charge on any atom is -0.481 e. The first kappa shape index (κ1) is 17.7. The van der Waals surface area contributed by atoms with Gasteiger partial charge < -0.3 is 5.11 Å². The Bertz CT molecular complexity index is 368. The molecule has 0 aliphatic heterocycles. The van der Waals surface area contributed by atoms with Gasteiger partial charge in [0.1, 0.15) is 0 Å². The molecule has 0 aromatic heterocycles. The monoisotopic (exact) mass is 302 g/mol. The molecule has 1 aliphatic rings. The fourth-order valence-corrected chi connectivity index (χ4v) is 2.45. The van der Waals surface area contributed by atoms with Crippen LogP contribution in [0.4, 0.5) is 0 Å². The Balaban J connectivity index is 2.45. The Kier molecular flexibility index (Phi) is 6.39. The van der Waals surface area contributed by atoms with E-state index in [2.05, 4.69) is 12.5 Å². The molecule has 0 aromatic rings. The van der Waals surface area contributed by atoms with Gasteiger partial charge in [-0.3, -0.25) is 4.79 Å². The van der Waals surface area contributed by atoms with Gasteiger partial charge in [-0.2, -0.15) is 0 Å². The van der Waals surface area contributed by atoms with E-state index >= 15 is 0 Å². The highest BCUT2D eigenvalue weighted by Gasteiger charge is 2.36. The van der Waals surface area contributed by atoms with Crippen molar-refractivity contribution in [2.75, 3.05) is 6.54 Å². The van der Waals surface area contributed by atoms with Crippen LogP contribution in [0.25, 0.3) is 0 Å². The maximum Gasteiger partial charge on any atom is 0.306 e. The lowest BCUT2D eigenvalue weighted by Gasteiger charge is -2.26. The average molecular weight is 302 g/mol. The molecule has 0 aromatic carbocycles. The number of unbranched alkanes of at least 4 members (excludes halogenated alkanes) is 1. The molecule has 21 heavy (non-hydrogen) atoms. The van der Waals surface area contributed by atoms with Crippen molar-refractivity contribution in [3.8, 4) is 0 Å². The van der Waals surface area contributed by atoms with E-state index in [0.717, 1.165) is 12.8 Å². The number of hydrogen-bond acceptors (Lipinski definition) is 3. The van der Waals surface area contributed by atoms with Crippen LogP contribution in [0.2, 0.25) is 0 Å². The first-order valence-corrected chi connectivity index (χ1v) is 7.64. The van der Waals surface area contributed by atoms with Crippen molar-refractivity contribution in [1.82, 2.24) is 10.6 Å². The summed E-state index contributed by atoms with van der Waals surface area (Å²) in [5.74, 6) is -1.16. The molecule has 2 N–H and O–H groups in total. The molecule has 7 nitrogen and oxygen atoms in total. The SMILES string of the molecule is CCCCN([N+](=O)NO[C@@H]1CC[C@H](C(=O)O)C1)C(C)(C)C. The fraction of sp³-hybridized carbons (Fsp3) is 0.929. The van der Waals surface area contributed by atoms with E-state index in [0.29, 0.717) is 30.8 Å². The van der Waals surface area contributed by atoms with Gasteiger partial charge in [-0.15, -0.1) is 5.01 Å². The van der Waals surface area contributed by atoms with E-state index in [1.807, 2.05) is 20.8 Å². The van der Waals surface area contributed by atoms with Gasteiger partial charge in [-0.05, 0) is 46.5 Å². The number of nitroso groups, excluding NO2 is 1. The van der Waals surface area contributed by atoms with Gasteiger partial charge in [0.15, 0.2) is 0 Å². The molecule has 0 radical (unpaired) electrons. The molecule has 7 heteroatoms.